The molecule has 62 heavy (non-hydrogen) atoms. The summed E-state index contributed by atoms with van der Waals surface area (Å²) < 4.78 is 2.96. The van der Waals surface area contributed by atoms with Gasteiger partial charge in [-0.3, -0.25) is 24.7 Å². The molecule has 0 bridgehead atoms. The van der Waals surface area contributed by atoms with E-state index in [4.69, 9.17) is 46.3 Å². The maximum Gasteiger partial charge on any atom is 2.00 e. The number of aromatic nitrogens is 8. The van der Waals surface area contributed by atoms with Gasteiger partial charge in [-0.2, -0.15) is 10.5 Å². The van der Waals surface area contributed by atoms with Crippen LogP contribution in [0.5, 0.6) is 0 Å². The maximum atomic E-state index is 13.3. The average molecular weight is 954 g/mol. The Labute approximate surface area is 381 Å². The molecule has 0 spiro atoms. The van der Waals surface area contributed by atoms with Crippen molar-refractivity contribution >= 4 is 82.9 Å². The zero-order valence-corrected chi connectivity index (χ0v) is 38.5. The van der Waals surface area contributed by atoms with E-state index in [9.17, 15) is 10.1 Å². The van der Waals surface area contributed by atoms with Gasteiger partial charge in [-0.15, -0.1) is 0 Å². The minimum Gasteiger partial charge on any atom is -0.512 e. The monoisotopic (exact) mass is 950 g/mol. The van der Waals surface area contributed by atoms with Gasteiger partial charge in [0.1, 0.15) is 18.0 Å². The van der Waals surface area contributed by atoms with Crippen LogP contribution < -0.4 is 11.1 Å². The zero-order chi connectivity index (χ0) is 44.1. The first-order chi connectivity index (χ1) is 29.6. The van der Waals surface area contributed by atoms with Crippen LogP contribution in [-0.2, 0) is 32.6 Å². The number of nitrogens with two attached hydrogens (primary N) is 1. The topological polar surface area (TPSA) is 251 Å². The van der Waals surface area contributed by atoms with Gasteiger partial charge >= 0.3 is 19.5 Å². The van der Waals surface area contributed by atoms with Crippen molar-refractivity contribution in [1.29, 1.82) is 21.0 Å². The van der Waals surface area contributed by atoms with Crippen LogP contribution in [0, 0.1) is 60.2 Å². The molecule has 0 saturated heterocycles. The number of hydrogen-bond acceptors (Lipinski definition) is 11. The normalized spacial score (nSPS) is 9.90. The molecule has 0 aliphatic heterocycles. The van der Waals surface area contributed by atoms with Crippen LogP contribution >= 0.6 is 27.5 Å². The molecule has 5 N–H and O–H groups in total. The molecule has 15 nitrogen and oxygen atoms in total. The van der Waals surface area contributed by atoms with Crippen molar-refractivity contribution in [2.75, 3.05) is 5.73 Å². The summed E-state index contributed by atoms with van der Waals surface area (Å²) in [6, 6.07) is 17.7. The number of carbonyl (C=O) groups excluding carboxylic acids is 1. The largest absolute Gasteiger partial charge is 2.00 e. The van der Waals surface area contributed by atoms with E-state index in [1.165, 1.54) is 11.6 Å². The molecule has 300 valence electrons. The Hall–Kier alpha value is -7.53. The van der Waals surface area contributed by atoms with Crippen LogP contribution in [-0.4, -0.2) is 45.4 Å². The first-order valence-electron chi connectivity index (χ1n) is 17.9. The third-order valence-electron chi connectivity index (χ3n) is 9.24. The molecule has 8 aromatic heterocycles. The standard InChI is InChI=1S/C27H22ClN7O.C8H5N3.C7H5BrN2.2CN.Zn/c1-15-5-25(30)34-16(2)21(15)11-33-27(36)22-14-35(24-12-31-9-19(8-29)26(22)24)13-17-3-4-23-18(6-17)7-20(28)10-32-23;9-3-6-4-10-5-8-7(6)1-2-11-8;8-6-3-9-4-7-5(6)1-2-10-7;2*1-2;/h3-7,9-10,12,14H,11,13H2,1-2H3,(H2,30,34)(H,33,36);1-2,4-5,11H;1-4,10H;;;/q;;;2*-1;+2. The molecule has 9 aromatic rings. The molecule has 18 heteroatoms. The van der Waals surface area contributed by atoms with Crippen LogP contribution in [0.2, 0.25) is 5.02 Å². The number of anilines is 1. The second-order valence-electron chi connectivity index (χ2n) is 13.0. The Balaban J connectivity index is 0.000000262. The number of nitriles is 2. The third kappa shape index (κ3) is 10.8. The number of aromatic amines is 2. The number of rotatable bonds is 5. The van der Waals surface area contributed by atoms with E-state index in [2.05, 4.69) is 68.3 Å². The first-order valence-corrected chi connectivity index (χ1v) is 19.0. The Bertz CT molecular complexity index is 3110. The number of nitrogens with zero attached hydrogens (tertiary/aromatic N) is 10. The second kappa shape index (κ2) is 22.2. The summed E-state index contributed by atoms with van der Waals surface area (Å²) in [5, 5.41) is 38.0. The molecule has 0 fully saturated rings. The molecular weight excluding hydrogens is 921 g/mol. The van der Waals surface area contributed by atoms with Gasteiger partial charge in [-0.1, -0.05) is 17.7 Å². The van der Waals surface area contributed by atoms with E-state index in [1.807, 2.05) is 61.0 Å². The molecule has 0 radical (unpaired) electrons. The van der Waals surface area contributed by atoms with Gasteiger partial charge in [-0.05, 0) is 82.9 Å². The van der Waals surface area contributed by atoms with Crippen LogP contribution in [0.3, 0.4) is 0 Å². The minimum atomic E-state index is -0.286. The molecular formula is C44H32BrClN14OZn. The fourth-order valence-corrected chi connectivity index (χ4v) is 7.14. The second-order valence-corrected chi connectivity index (χ2v) is 14.2. The number of benzene rings is 1. The number of pyridine rings is 5. The van der Waals surface area contributed by atoms with Crippen molar-refractivity contribution in [3.8, 4) is 12.1 Å². The smallest absolute Gasteiger partial charge is 0.512 e. The Morgan fingerprint density at radius 2 is 1.52 bits per heavy atom. The fraction of sp³-hybridized carbons (Fsp3) is 0.0909. The summed E-state index contributed by atoms with van der Waals surface area (Å²) in [6.45, 7) is 14.1. The number of aryl methyl sites for hydroxylation is 2. The predicted octanol–water partition coefficient (Wildman–Crippen LogP) is 8.63. The molecule has 0 atom stereocenters. The molecule has 0 aliphatic rings. The number of H-pyrrole nitrogens is 2. The maximum absolute atomic E-state index is 13.3. The average Bonchev–Trinajstić information content (AvgIpc) is 4.05. The zero-order valence-electron chi connectivity index (χ0n) is 33.1. The van der Waals surface area contributed by atoms with Crippen molar-refractivity contribution in [3.05, 3.63) is 166 Å². The number of fused-ring (bicyclic) bond motifs is 4. The summed E-state index contributed by atoms with van der Waals surface area (Å²) >= 11 is 9.51. The van der Waals surface area contributed by atoms with Crippen molar-refractivity contribution in [2.45, 2.75) is 26.9 Å². The number of amides is 1. The molecule has 8 heterocycles. The van der Waals surface area contributed by atoms with E-state index in [0.717, 1.165) is 54.2 Å². The van der Waals surface area contributed by atoms with Crippen molar-refractivity contribution in [2.24, 2.45) is 0 Å². The quantitative estimate of drug-likeness (QED) is 0.0938. The summed E-state index contributed by atoms with van der Waals surface area (Å²) in [5.41, 5.74) is 14.3. The number of nitrogen functional groups attached to an aromatic ring is 1. The predicted molar refractivity (Wildman–Crippen MR) is 234 cm³/mol. The number of nitrogens with one attached hydrogen (secondary N) is 3. The van der Waals surface area contributed by atoms with Gasteiger partial charge in [-0.25, -0.2) is 4.98 Å². The van der Waals surface area contributed by atoms with Crippen molar-refractivity contribution in [3.63, 3.8) is 0 Å². The molecule has 0 unspecified atom stereocenters. The summed E-state index contributed by atoms with van der Waals surface area (Å²) in [7, 11) is 0. The summed E-state index contributed by atoms with van der Waals surface area (Å²) in [5.74, 6) is 0.160. The Kier molecular flexibility index (Phi) is 16.9. The fourth-order valence-electron chi connectivity index (χ4n) is 6.51. The van der Waals surface area contributed by atoms with E-state index >= 15 is 0 Å². The van der Waals surface area contributed by atoms with Crippen molar-refractivity contribution < 1.29 is 24.3 Å². The van der Waals surface area contributed by atoms with Gasteiger partial charge in [0.2, 0.25) is 0 Å². The Morgan fingerprint density at radius 3 is 2.19 bits per heavy atom. The number of halogens is 2. The van der Waals surface area contributed by atoms with Gasteiger partial charge in [0.15, 0.2) is 0 Å². The minimum absolute atomic E-state index is 0. The van der Waals surface area contributed by atoms with Gasteiger partial charge in [0.25, 0.3) is 5.91 Å². The summed E-state index contributed by atoms with van der Waals surface area (Å²) in [4.78, 5) is 40.2. The summed E-state index contributed by atoms with van der Waals surface area (Å²) in [6.07, 6.45) is 17.1. The van der Waals surface area contributed by atoms with Gasteiger partial charge in [0.05, 0.1) is 62.4 Å². The molecule has 9 rings (SSSR count). The first kappa shape index (κ1) is 47.2. The SMILES string of the molecule is Brc1cncc2[nH]ccc12.Cc1cc(N)nc(C)c1CNC(=O)c1cn(Cc2ccc3ncc(Cl)cc3c2)c2cncc(C#N)c12.N#Cc1cncc2[nH]ccc12.[C-]#N.[C-]#N.[Zn+2]. The van der Waals surface area contributed by atoms with Gasteiger partial charge in [0, 0.05) is 88.2 Å². The molecule has 1 amide bonds. The van der Waals surface area contributed by atoms with E-state index in [1.54, 1.807) is 55.6 Å². The Morgan fingerprint density at radius 1 is 0.871 bits per heavy atom. The number of hydrogen-bond donors (Lipinski definition) is 4. The molecule has 0 aliphatic carbocycles. The number of carbonyl (C=O) groups is 1. The molecule has 1 aromatic carbocycles. The van der Waals surface area contributed by atoms with Crippen molar-refractivity contribution in [1.82, 2.24) is 44.8 Å². The van der Waals surface area contributed by atoms with Crippen LogP contribution in [0.15, 0.2) is 109 Å². The van der Waals surface area contributed by atoms with E-state index < -0.39 is 0 Å². The van der Waals surface area contributed by atoms with Gasteiger partial charge < -0.3 is 49.3 Å². The van der Waals surface area contributed by atoms with Crippen LogP contribution in [0.1, 0.15) is 43.9 Å². The van der Waals surface area contributed by atoms with E-state index in [-0.39, 0.29) is 25.4 Å². The molecule has 0 saturated carbocycles. The third-order valence-corrected chi connectivity index (χ3v) is 10.1. The van der Waals surface area contributed by atoms with Crippen LogP contribution in [0.25, 0.3) is 43.6 Å². The van der Waals surface area contributed by atoms with E-state index in [0.29, 0.717) is 51.5 Å². The van der Waals surface area contributed by atoms with Crippen LogP contribution in [0.4, 0.5) is 5.82 Å².